The summed E-state index contributed by atoms with van der Waals surface area (Å²) in [6.45, 7) is 3.66. The highest BCUT2D eigenvalue weighted by Crippen LogP contribution is 2.44. The van der Waals surface area contributed by atoms with Gasteiger partial charge in [-0.05, 0) is 54.6 Å². The van der Waals surface area contributed by atoms with E-state index in [0.29, 0.717) is 73.5 Å². The molecule has 3 aliphatic heterocycles. The summed E-state index contributed by atoms with van der Waals surface area (Å²) in [6, 6.07) is 16.8. The van der Waals surface area contributed by atoms with Crippen molar-refractivity contribution >= 4 is 58.8 Å². The van der Waals surface area contributed by atoms with Crippen molar-refractivity contribution in [3.05, 3.63) is 87.8 Å². The first kappa shape index (κ1) is 36.1. The van der Waals surface area contributed by atoms with E-state index in [1.54, 1.807) is 58.3 Å². The number of imide groups is 1. The fourth-order valence-corrected chi connectivity index (χ4v) is 7.31. The number of benzene rings is 2. The first-order valence-electron chi connectivity index (χ1n) is 16.1. The van der Waals surface area contributed by atoms with E-state index < -0.39 is 24.4 Å². The van der Waals surface area contributed by atoms with Gasteiger partial charge in [-0.15, -0.1) is 0 Å². The molecule has 14 nitrogen and oxygen atoms in total. The number of ether oxygens (including phenoxy) is 4. The van der Waals surface area contributed by atoms with Crippen LogP contribution < -0.4 is 9.64 Å². The standard InChI is InChI=1S/C35H34N4O10S2/c40-29(41)22-48-19-20-49-28-10-5-25(21-36-28)39-34(44)30(50-26-6-1-23(2-7-26)32(42)37-11-15-46-16-12-37)31(35(39)45)51-27-8-3-24(4-9-27)33(43)38-13-17-47-18-14-38/h1-10,21H,11-20,22H2,(H,40,41). The average Bonchev–Trinajstić information content (AvgIpc) is 3.39. The maximum absolute atomic E-state index is 14.0. The van der Waals surface area contributed by atoms with Crippen LogP contribution in [-0.4, -0.2) is 122 Å². The number of carbonyl (C=O) groups is 5. The molecular weight excluding hydrogens is 701 g/mol. The van der Waals surface area contributed by atoms with Gasteiger partial charge in [-0.1, -0.05) is 23.5 Å². The van der Waals surface area contributed by atoms with Gasteiger partial charge >= 0.3 is 5.97 Å². The molecule has 3 aliphatic rings. The number of hydrogen-bond donors (Lipinski definition) is 1. The van der Waals surface area contributed by atoms with Crippen LogP contribution >= 0.6 is 23.5 Å². The third-order valence-electron chi connectivity index (χ3n) is 7.92. The first-order chi connectivity index (χ1) is 24.8. The summed E-state index contributed by atoms with van der Waals surface area (Å²) in [5.41, 5.74) is 1.24. The highest BCUT2D eigenvalue weighted by Gasteiger charge is 2.41. The topological polar surface area (TPSA) is 165 Å². The molecule has 0 saturated carbocycles. The highest BCUT2D eigenvalue weighted by atomic mass is 32.2. The number of anilines is 1. The Morgan fingerprint density at radius 1 is 0.706 bits per heavy atom. The van der Waals surface area contributed by atoms with Crippen molar-refractivity contribution in [3.8, 4) is 5.88 Å². The van der Waals surface area contributed by atoms with Crippen molar-refractivity contribution in [2.75, 3.05) is 77.3 Å². The van der Waals surface area contributed by atoms with E-state index in [4.69, 9.17) is 24.1 Å². The van der Waals surface area contributed by atoms with E-state index in [9.17, 15) is 24.0 Å². The van der Waals surface area contributed by atoms with Crippen LogP contribution in [0.15, 0.2) is 86.5 Å². The summed E-state index contributed by atoms with van der Waals surface area (Å²) in [5.74, 6) is -2.19. The molecule has 1 aromatic heterocycles. The molecule has 266 valence electrons. The lowest BCUT2D eigenvalue weighted by Crippen LogP contribution is -2.40. The molecule has 2 fully saturated rings. The average molecular weight is 735 g/mol. The van der Waals surface area contributed by atoms with Gasteiger partial charge in [0.1, 0.15) is 13.2 Å². The number of amides is 4. The highest BCUT2D eigenvalue weighted by molar-refractivity contribution is 8.08. The van der Waals surface area contributed by atoms with Gasteiger partial charge in [-0.3, -0.25) is 19.2 Å². The van der Waals surface area contributed by atoms with Crippen LogP contribution in [0.1, 0.15) is 20.7 Å². The SMILES string of the molecule is O=C(O)COCCOc1ccc(N2C(=O)C(Sc3ccc(C(=O)N4CCOCC4)cc3)=C(Sc3ccc(C(=O)N4CCOCC4)cc3)C2=O)cn1. The van der Waals surface area contributed by atoms with E-state index in [-0.39, 0.29) is 46.4 Å². The third kappa shape index (κ3) is 8.95. The Hall–Kier alpha value is -4.74. The minimum absolute atomic E-state index is 0.0363. The number of pyridine rings is 1. The van der Waals surface area contributed by atoms with Crippen molar-refractivity contribution in [3.63, 3.8) is 0 Å². The van der Waals surface area contributed by atoms with E-state index in [0.717, 1.165) is 28.4 Å². The normalized spacial score (nSPS) is 16.5. The van der Waals surface area contributed by atoms with Crippen LogP contribution in [0.5, 0.6) is 5.88 Å². The minimum atomic E-state index is -1.09. The third-order valence-corrected chi connectivity index (χ3v) is 10.2. The Bertz CT molecular complexity index is 1690. The molecular formula is C35H34N4O10S2. The maximum Gasteiger partial charge on any atom is 0.329 e. The fraction of sp³-hybridized carbons (Fsp3) is 0.314. The summed E-state index contributed by atoms with van der Waals surface area (Å²) in [7, 11) is 0. The number of carboxylic acid groups (broad SMARTS) is 1. The van der Waals surface area contributed by atoms with Crippen LogP contribution in [0.3, 0.4) is 0 Å². The lowest BCUT2D eigenvalue weighted by atomic mass is 10.2. The molecule has 0 aliphatic carbocycles. The largest absolute Gasteiger partial charge is 0.480 e. The second-order valence-electron chi connectivity index (χ2n) is 11.3. The van der Waals surface area contributed by atoms with E-state index in [1.165, 1.54) is 18.3 Å². The molecule has 16 heteroatoms. The predicted octanol–water partition coefficient (Wildman–Crippen LogP) is 3.18. The van der Waals surface area contributed by atoms with Gasteiger partial charge in [0, 0.05) is 53.2 Å². The van der Waals surface area contributed by atoms with E-state index in [2.05, 4.69) is 4.98 Å². The van der Waals surface area contributed by atoms with Crippen LogP contribution in [0.4, 0.5) is 5.69 Å². The van der Waals surface area contributed by atoms with E-state index in [1.807, 2.05) is 0 Å². The van der Waals surface area contributed by atoms with Crippen LogP contribution in [0.2, 0.25) is 0 Å². The molecule has 51 heavy (non-hydrogen) atoms. The number of rotatable bonds is 13. The zero-order valence-electron chi connectivity index (χ0n) is 27.4. The Balaban J connectivity index is 1.20. The Morgan fingerprint density at radius 3 is 1.63 bits per heavy atom. The lowest BCUT2D eigenvalue weighted by Gasteiger charge is -2.26. The minimum Gasteiger partial charge on any atom is -0.480 e. The molecule has 0 bridgehead atoms. The lowest BCUT2D eigenvalue weighted by molar-refractivity contribution is -0.142. The van der Waals surface area contributed by atoms with Crippen molar-refractivity contribution < 1.29 is 48.0 Å². The van der Waals surface area contributed by atoms with Gasteiger partial charge in [-0.25, -0.2) is 14.7 Å². The number of morpholine rings is 2. The summed E-state index contributed by atoms with van der Waals surface area (Å²) < 4.78 is 21.1. The monoisotopic (exact) mass is 734 g/mol. The number of carbonyl (C=O) groups excluding carboxylic acids is 4. The Kier molecular flexibility index (Phi) is 12.0. The van der Waals surface area contributed by atoms with Crippen molar-refractivity contribution in [1.82, 2.24) is 14.8 Å². The van der Waals surface area contributed by atoms with Crippen molar-refractivity contribution in [2.24, 2.45) is 0 Å². The molecule has 0 atom stereocenters. The second kappa shape index (κ2) is 17.0. The molecule has 0 spiro atoms. The molecule has 1 N–H and O–H groups in total. The number of carboxylic acids is 1. The number of nitrogens with zero attached hydrogens (tertiary/aromatic N) is 4. The predicted molar refractivity (Wildman–Crippen MR) is 186 cm³/mol. The number of aromatic nitrogens is 1. The van der Waals surface area contributed by atoms with Gasteiger partial charge in [0.05, 0.1) is 54.7 Å². The number of thioether (sulfide) groups is 2. The summed E-state index contributed by atoms with van der Waals surface area (Å²) in [4.78, 5) is 74.9. The number of hydrogen-bond acceptors (Lipinski definition) is 12. The van der Waals surface area contributed by atoms with Gasteiger partial charge in [0.25, 0.3) is 23.6 Å². The van der Waals surface area contributed by atoms with Crippen LogP contribution in [0.25, 0.3) is 0 Å². The molecule has 2 saturated heterocycles. The second-order valence-corrected chi connectivity index (χ2v) is 13.5. The van der Waals surface area contributed by atoms with E-state index >= 15 is 0 Å². The molecule has 3 aromatic rings. The van der Waals surface area contributed by atoms with Gasteiger partial charge in [0.2, 0.25) is 5.88 Å². The molecule has 0 radical (unpaired) electrons. The zero-order chi connectivity index (χ0) is 35.7. The zero-order valence-corrected chi connectivity index (χ0v) is 29.0. The molecule has 2 aromatic carbocycles. The smallest absolute Gasteiger partial charge is 0.329 e. The van der Waals surface area contributed by atoms with Gasteiger partial charge in [0.15, 0.2) is 0 Å². The molecule has 0 unspecified atom stereocenters. The van der Waals surface area contributed by atoms with Crippen molar-refractivity contribution in [2.45, 2.75) is 9.79 Å². The molecule has 4 amide bonds. The Labute approximate surface area is 301 Å². The summed E-state index contributed by atoms with van der Waals surface area (Å²) >= 11 is 2.24. The summed E-state index contributed by atoms with van der Waals surface area (Å²) in [6.07, 6.45) is 1.34. The Morgan fingerprint density at radius 2 is 1.20 bits per heavy atom. The van der Waals surface area contributed by atoms with Gasteiger partial charge in [-0.2, -0.15) is 0 Å². The maximum atomic E-state index is 14.0. The van der Waals surface area contributed by atoms with Crippen LogP contribution in [-0.2, 0) is 28.6 Å². The van der Waals surface area contributed by atoms with Gasteiger partial charge < -0.3 is 33.9 Å². The van der Waals surface area contributed by atoms with Crippen molar-refractivity contribution in [1.29, 1.82) is 0 Å². The van der Waals surface area contributed by atoms with Crippen LogP contribution in [0, 0.1) is 0 Å². The quantitative estimate of drug-likeness (QED) is 0.201. The fourth-order valence-electron chi connectivity index (χ4n) is 5.32. The molecule has 6 rings (SSSR count). The molecule has 4 heterocycles. The first-order valence-corrected chi connectivity index (χ1v) is 17.7. The number of aliphatic carboxylic acids is 1. The summed E-state index contributed by atoms with van der Waals surface area (Å²) in [5, 5.41) is 8.68.